The number of carbonyl (C=O) groups excluding carboxylic acids is 2. The molecular formula is C13H18N2O3. The molecule has 0 saturated heterocycles. The summed E-state index contributed by atoms with van der Waals surface area (Å²) in [6.07, 6.45) is 1.36. The summed E-state index contributed by atoms with van der Waals surface area (Å²) in [5.41, 5.74) is 1.76. The van der Waals surface area contributed by atoms with Crippen molar-refractivity contribution in [2.45, 2.75) is 19.8 Å². The van der Waals surface area contributed by atoms with E-state index in [9.17, 15) is 9.59 Å². The maximum Gasteiger partial charge on any atom is 0.313 e. The van der Waals surface area contributed by atoms with Crippen LogP contribution in [-0.2, 0) is 16.0 Å². The summed E-state index contributed by atoms with van der Waals surface area (Å²) in [6.45, 7) is 2.32. The number of aliphatic hydroxyl groups excluding tert-OH is 1. The fraction of sp³-hybridized carbons (Fsp3) is 0.385. The summed E-state index contributed by atoms with van der Waals surface area (Å²) in [7, 11) is 0. The maximum absolute atomic E-state index is 11.5. The lowest BCUT2D eigenvalue weighted by Crippen LogP contribution is -2.36. The Balaban J connectivity index is 2.45. The minimum Gasteiger partial charge on any atom is -0.396 e. The summed E-state index contributed by atoms with van der Waals surface area (Å²) in [4.78, 5) is 22.8. The van der Waals surface area contributed by atoms with E-state index in [0.29, 0.717) is 12.1 Å². The molecule has 0 aliphatic rings. The molecule has 0 spiro atoms. The normalized spacial score (nSPS) is 9.89. The number of amides is 2. The van der Waals surface area contributed by atoms with Gasteiger partial charge in [0, 0.05) is 18.8 Å². The van der Waals surface area contributed by atoms with E-state index in [4.69, 9.17) is 5.11 Å². The molecule has 0 saturated carbocycles. The first-order valence-electron chi connectivity index (χ1n) is 5.96. The predicted octanol–water partition coefficient (Wildman–Crippen LogP) is 0.686. The lowest BCUT2D eigenvalue weighted by molar-refractivity contribution is -0.136. The molecule has 1 aromatic carbocycles. The van der Waals surface area contributed by atoms with E-state index in [1.807, 2.05) is 19.1 Å². The number of aryl methyl sites for hydroxylation is 1. The third-order valence-corrected chi connectivity index (χ3v) is 2.45. The molecule has 1 rings (SSSR count). The van der Waals surface area contributed by atoms with Crippen LogP contribution in [-0.4, -0.2) is 30.1 Å². The third kappa shape index (κ3) is 4.55. The Morgan fingerprint density at radius 3 is 2.39 bits per heavy atom. The molecular weight excluding hydrogens is 232 g/mol. The van der Waals surface area contributed by atoms with Gasteiger partial charge in [-0.1, -0.05) is 19.1 Å². The zero-order chi connectivity index (χ0) is 13.4. The third-order valence-electron chi connectivity index (χ3n) is 2.45. The van der Waals surface area contributed by atoms with Crippen molar-refractivity contribution in [3.8, 4) is 0 Å². The van der Waals surface area contributed by atoms with Crippen LogP contribution in [0.1, 0.15) is 18.9 Å². The average Bonchev–Trinajstić information content (AvgIpc) is 2.39. The second kappa shape index (κ2) is 7.45. The zero-order valence-electron chi connectivity index (χ0n) is 10.4. The molecule has 3 N–H and O–H groups in total. The van der Waals surface area contributed by atoms with Gasteiger partial charge in [0.2, 0.25) is 0 Å². The lowest BCUT2D eigenvalue weighted by atomic mass is 10.1. The van der Waals surface area contributed by atoms with Gasteiger partial charge in [0.25, 0.3) is 0 Å². The van der Waals surface area contributed by atoms with Crippen LogP contribution >= 0.6 is 0 Å². The molecule has 0 heterocycles. The minimum absolute atomic E-state index is 0.0135. The first-order valence-corrected chi connectivity index (χ1v) is 5.96. The number of nitrogens with one attached hydrogen (secondary N) is 2. The second-order valence-electron chi connectivity index (χ2n) is 3.84. The largest absolute Gasteiger partial charge is 0.396 e. The van der Waals surface area contributed by atoms with Gasteiger partial charge in [-0.2, -0.15) is 0 Å². The highest BCUT2D eigenvalue weighted by Crippen LogP contribution is 2.09. The number of hydrogen-bond donors (Lipinski definition) is 3. The highest BCUT2D eigenvalue weighted by atomic mass is 16.3. The Bertz CT molecular complexity index is 401. The van der Waals surface area contributed by atoms with Gasteiger partial charge in [-0.15, -0.1) is 0 Å². The average molecular weight is 250 g/mol. The number of anilines is 1. The van der Waals surface area contributed by atoms with Crippen molar-refractivity contribution in [3.63, 3.8) is 0 Å². The van der Waals surface area contributed by atoms with Crippen molar-refractivity contribution in [1.82, 2.24) is 5.32 Å². The van der Waals surface area contributed by atoms with E-state index in [1.165, 1.54) is 5.56 Å². The maximum atomic E-state index is 11.5. The zero-order valence-corrected chi connectivity index (χ0v) is 10.4. The van der Waals surface area contributed by atoms with Crippen LogP contribution in [0.25, 0.3) is 0 Å². The number of carbonyl (C=O) groups is 2. The van der Waals surface area contributed by atoms with Gasteiger partial charge in [-0.3, -0.25) is 9.59 Å². The Kier molecular flexibility index (Phi) is 5.87. The molecule has 2 amide bonds. The van der Waals surface area contributed by atoms with Crippen molar-refractivity contribution in [2.24, 2.45) is 0 Å². The van der Waals surface area contributed by atoms with Gasteiger partial charge in [-0.05, 0) is 30.5 Å². The van der Waals surface area contributed by atoms with Crippen LogP contribution in [0.3, 0.4) is 0 Å². The molecule has 0 aliphatic carbocycles. The first-order chi connectivity index (χ1) is 8.67. The summed E-state index contributed by atoms with van der Waals surface area (Å²) >= 11 is 0. The molecule has 1 aromatic rings. The van der Waals surface area contributed by atoms with Crippen LogP contribution < -0.4 is 10.6 Å². The van der Waals surface area contributed by atoms with Crippen LogP contribution in [0.15, 0.2) is 24.3 Å². The molecule has 18 heavy (non-hydrogen) atoms. The quantitative estimate of drug-likeness (QED) is 0.531. The molecule has 5 heteroatoms. The molecule has 0 atom stereocenters. The van der Waals surface area contributed by atoms with Gasteiger partial charge in [-0.25, -0.2) is 0 Å². The molecule has 0 aliphatic heterocycles. The molecule has 5 nitrogen and oxygen atoms in total. The van der Waals surface area contributed by atoms with Crippen LogP contribution in [0.5, 0.6) is 0 Å². The SMILES string of the molecule is CCc1ccc(NC(=O)C(=O)NCCCO)cc1. The van der Waals surface area contributed by atoms with E-state index >= 15 is 0 Å². The summed E-state index contributed by atoms with van der Waals surface area (Å²) in [5.74, 6) is -1.39. The Hall–Kier alpha value is -1.88. The number of benzene rings is 1. The molecule has 0 aromatic heterocycles. The number of rotatable bonds is 5. The molecule has 0 bridgehead atoms. The van der Waals surface area contributed by atoms with Crippen molar-refractivity contribution in [2.75, 3.05) is 18.5 Å². The summed E-state index contributed by atoms with van der Waals surface area (Å²) in [5, 5.41) is 13.5. The van der Waals surface area contributed by atoms with E-state index in [2.05, 4.69) is 10.6 Å². The van der Waals surface area contributed by atoms with Gasteiger partial charge in [0.05, 0.1) is 0 Å². The monoisotopic (exact) mass is 250 g/mol. The molecule has 0 unspecified atom stereocenters. The van der Waals surface area contributed by atoms with Gasteiger partial charge in [0.1, 0.15) is 0 Å². The minimum atomic E-state index is -0.697. The van der Waals surface area contributed by atoms with E-state index in [1.54, 1.807) is 12.1 Å². The van der Waals surface area contributed by atoms with Gasteiger partial charge >= 0.3 is 11.8 Å². The topological polar surface area (TPSA) is 78.4 Å². The van der Waals surface area contributed by atoms with E-state index < -0.39 is 11.8 Å². The van der Waals surface area contributed by atoms with Crippen molar-refractivity contribution < 1.29 is 14.7 Å². The molecule has 0 radical (unpaired) electrons. The van der Waals surface area contributed by atoms with Crippen molar-refractivity contribution in [1.29, 1.82) is 0 Å². The van der Waals surface area contributed by atoms with Crippen LogP contribution in [0.2, 0.25) is 0 Å². The van der Waals surface area contributed by atoms with Gasteiger partial charge in [0.15, 0.2) is 0 Å². The van der Waals surface area contributed by atoms with Crippen molar-refractivity contribution >= 4 is 17.5 Å². The summed E-state index contributed by atoms with van der Waals surface area (Å²) < 4.78 is 0. The highest BCUT2D eigenvalue weighted by Gasteiger charge is 2.12. The highest BCUT2D eigenvalue weighted by molar-refractivity contribution is 6.39. The van der Waals surface area contributed by atoms with Gasteiger partial charge < -0.3 is 15.7 Å². The van der Waals surface area contributed by atoms with Crippen LogP contribution in [0, 0.1) is 0 Å². The Morgan fingerprint density at radius 2 is 1.83 bits per heavy atom. The van der Waals surface area contributed by atoms with E-state index in [-0.39, 0.29) is 13.2 Å². The smallest absolute Gasteiger partial charge is 0.313 e. The van der Waals surface area contributed by atoms with Crippen LogP contribution in [0.4, 0.5) is 5.69 Å². The Morgan fingerprint density at radius 1 is 1.17 bits per heavy atom. The fourth-order valence-corrected chi connectivity index (χ4v) is 1.37. The Labute approximate surface area is 106 Å². The van der Waals surface area contributed by atoms with E-state index in [0.717, 1.165) is 6.42 Å². The summed E-state index contributed by atoms with van der Waals surface area (Å²) in [6, 6.07) is 7.33. The predicted molar refractivity (Wildman–Crippen MR) is 69.2 cm³/mol. The standard InChI is InChI=1S/C13H18N2O3/c1-2-10-4-6-11(7-5-10)15-13(18)12(17)14-8-3-9-16/h4-7,16H,2-3,8-9H2,1H3,(H,14,17)(H,15,18). The molecule has 0 fully saturated rings. The second-order valence-corrected chi connectivity index (χ2v) is 3.84. The van der Waals surface area contributed by atoms with Crippen molar-refractivity contribution in [3.05, 3.63) is 29.8 Å². The lowest BCUT2D eigenvalue weighted by Gasteiger charge is -2.06. The fourth-order valence-electron chi connectivity index (χ4n) is 1.37. The first kappa shape index (κ1) is 14.2. The number of aliphatic hydroxyl groups is 1. The number of hydrogen-bond acceptors (Lipinski definition) is 3. The molecule has 98 valence electrons.